The number of aliphatic imine (C=N–C) groups is 1. The Morgan fingerprint density at radius 1 is 1.38 bits per heavy atom. The van der Waals surface area contributed by atoms with Crippen LogP contribution in [0.2, 0.25) is 0 Å². The van der Waals surface area contributed by atoms with Gasteiger partial charge in [-0.1, -0.05) is 0 Å². The number of nitrogens with zero attached hydrogens (tertiary/aromatic N) is 2. The number of esters is 1. The molecule has 0 aliphatic heterocycles. The summed E-state index contributed by atoms with van der Waals surface area (Å²) in [5.41, 5.74) is 2.96. The van der Waals surface area contributed by atoms with Gasteiger partial charge < -0.3 is 9.64 Å². The average molecular weight is 338 g/mol. The third kappa shape index (κ3) is 4.30. The monoisotopic (exact) mass is 338 g/mol. The van der Waals surface area contributed by atoms with Crippen molar-refractivity contribution in [2.24, 2.45) is 10.9 Å². The van der Waals surface area contributed by atoms with Gasteiger partial charge in [0.1, 0.15) is 0 Å². The zero-order chi connectivity index (χ0) is 17.9. The van der Waals surface area contributed by atoms with Crippen molar-refractivity contribution in [3.8, 4) is 0 Å². The Hall–Kier alpha value is -1.98. The highest BCUT2D eigenvalue weighted by Gasteiger charge is 2.45. The molecule has 1 saturated carbocycles. The van der Waals surface area contributed by atoms with Crippen LogP contribution in [0.1, 0.15) is 41.3 Å². The number of rotatable bonds is 6. The van der Waals surface area contributed by atoms with E-state index in [1.165, 1.54) is 0 Å². The second-order valence-corrected chi connectivity index (χ2v) is 6.43. The Morgan fingerprint density at radius 2 is 2.04 bits per heavy atom. The molecule has 1 fully saturated rings. The van der Waals surface area contributed by atoms with Crippen LogP contribution in [0.5, 0.6) is 0 Å². The molecule has 24 heavy (non-hydrogen) atoms. The molecule has 4 nitrogen and oxygen atoms in total. The fraction of sp³-hybridized carbons (Fsp3) is 0.556. The van der Waals surface area contributed by atoms with Crippen LogP contribution in [0.4, 0.5) is 14.5 Å². The van der Waals surface area contributed by atoms with Gasteiger partial charge in [0.05, 0.1) is 24.2 Å². The Morgan fingerprint density at radius 3 is 2.62 bits per heavy atom. The summed E-state index contributed by atoms with van der Waals surface area (Å²) in [7, 11) is 1.93. The minimum atomic E-state index is -2.59. The van der Waals surface area contributed by atoms with E-state index >= 15 is 0 Å². The van der Waals surface area contributed by atoms with Crippen LogP contribution in [0.3, 0.4) is 0 Å². The molecular weight excluding hydrogens is 314 g/mol. The Balaban J connectivity index is 2.01. The second-order valence-electron chi connectivity index (χ2n) is 6.43. The van der Waals surface area contributed by atoms with Gasteiger partial charge >= 0.3 is 5.97 Å². The number of benzene rings is 1. The first-order valence-electron chi connectivity index (χ1n) is 8.13. The van der Waals surface area contributed by atoms with Gasteiger partial charge in [0.25, 0.3) is 0 Å². The SMILES string of the molecule is CCN(C)/C=N/c1ccc(C(=O)OCC2CC(F)(F)C2)c(C)c1C. The molecular formula is C18H24F2N2O2. The fourth-order valence-electron chi connectivity index (χ4n) is 2.58. The molecule has 0 atom stereocenters. The topological polar surface area (TPSA) is 41.9 Å². The molecule has 0 radical (unpaired) electrons. The molecule has 0 spiro atoms. The summed E-state index contributed by atoms with van der Waals surface area (Å²) >= 11 is 0. The second kappa shape index (κ2) is 7.28. The standard InChI is InChI=1S/C18H24F2N2O2/c1-5-22(4)11-21-16-7-6-15(12(2)13(16)3)17(23)24-10-14-8-18(19,20)9-14/h6-7,11,14H,5,8-10H2,1-4H3/b21-11+. The van der Waals surface area contributed by atoms with Gasteiger partial charge in [-0.3, -0.25) is 0 Å². The van der Waals surface area contributed by atoms with E-state index in [9.17, 15) is 13.6 Å². The van der Waals surface area contributed by atoms with Crippen molar-refractivity contribution in [1.82, 2.24) is 4.90 Å². The lowest BCUT2D eigenvalue weighted by Crippen LogP contribution is -2.38. The van der Waals surface area contributed by atoms with Gasteiger partial charge in [-0.15, -0.1) is 0 Å². The van der Waals surface area contributed by atoms with Gasteiger partial charge in [0.15, 0.2) is 0 Å². The number of hydrogen-bond acceptors (Lipinski definition) is 3. The summed E-state index contributed by atoms with van der Waals surface area (Å²) in [5, 5.41) is 0. The van der Waals surface area contributed by atoms with Gasteiger partial charge in [-0.05, 0) is 44.0 Å². The normalized spacial score (nSPS) is 16.9. The molecule has 0 heterocycles. The Labute approximate surface area is 141 Å². The number of carbonyl (C=O) groups excluding carboxylic acids is 1. The van der Waals surface area contributed by atoms with Crippen molar-refractivity contribution in [3.05, 3.63) is 28.8 Å². The highest BCUT2D eigenvalue weighted by atomic mass is 19.3. The lowest BCUT2D eigenvalue weighted by Gasteiger charge is -2.34. The summed E-state index contributed by atoms with van der Waals surface area (Å²) in [4.78, 5) is 18.6. The van der Waals surface area contributed by atoms with Crippen LogP contribution >= 0.6 is 0 Å². The molecule has 132 valence electrons. The van der Waals surface area contributed by atoms with Gasteiger partial charge in [-0.2, -0.15) is 0 Å². The molecule has 1 aliphatic carbocycles. The van der Waals surface area contributed by atoms with Crippen LogP contribution in [-0.4, -0.2) is 43.3 Å². The highest BCUT2D eigenvalue weighted by Crippen LogP contribution is 2.42. The number of carbonyl (C=O) groups is 1. The molecule has 6 heteroatoms. The van der Waals surface area contributed by atoms with Crippen LogP contribution < -0.4 is 0 Å². The smallest absolute Gasteiger partial charge is 0.338 e. The van der Waals surface area contributed by atoms with E-state index in [-0.39, 0.29) is 25.4 Å². The largest absolute Gasteiger partial charge is 0.462 e. The average Bonchev–Trinajstić information content (AvgIpc) is 2.51. The summed E-state index contributed by atoms with van der Waals surface area (Å²) < 4.78 is 30.8. The third-order valence-electron chi connectivity index (χ3n) is 4.50. The maximum atomic E-state index is 12.8. The van der Waals surface area contributed by atoms with Crippen LogP contribution in [-0.2, 0) is 4.74 Å². The van der Waals surface area contributed by atoms with Gasteiger partial charge in [-0.25, -0.2) is 18.6 Å². The van der Waals surface area contributed by atoms with Crippen molar-refractivity contribution in [3.63, 3.8) is 0 Å². The summed E-state index contributed by atoms with van der Waals surface area (Å²) in [6.45, 7) is 6.67. The summed E-state index contributed by atoms with van der Waals surface area (Å²) in [5.74, 6) is -3.29. The summed E-state index contributed by atoms with van der Waals surface area (Å²) in [6.07, 6.45) is 1.35. The first kappa shape index (κ1) is 18.4. The van der Waals surface area contributed by atoms with E-state index < -0.39 is 11.9 Å². The number of hydrogen-bond donors (Lipinski definition) is 0. The first-order valence-corrected chi connectivity index (χ1v) is 8.13. The van der Waals surface area contributed by atoms with E-state index in [1.54, 1.807) is 18.5 Å². The lowest BCUT2D eigenvalue weighted by atomic mass is 9.82. The Bertz CT molecular complexity index is 636. The molecule has 0 bridgehead atoms. The maximum absolute atomic E-state index is 12.8. The molecule has 0 N–H and O–H groups in total. The molecule has 1 aromatic carbocycles. The predicted molar refractivity (Wildman–Crippen MR) is 90.3 cm³/mol. The molecule has 0 unspecified atom stereocenters. The number of halogens is 2. The Kier molecular flexibility index (Phi) is 5.57. The minimum Gasteiger partial charge on any atom is -0.462 e. The van der Waals surface area contributed by atoms with Crippen molar-refractivity contribution in [2.75, 3.05) is 20.2 Å². The number of alkyl halides is 2. The van der Waals surface area contributed by atoms with Crippen molar-refractivity contribution in [1.29, 1.82) is 0 Å². The molecule has 0 aromatic heterocycles. The fourth-order valence-corrected chi connectivity index (χ4v) is 2.58. The third-order valence-corrected chi connectivity index (χ3v) is 4.50. The quantitative estimate of drug-likeness (QED) is 0.445. The van der Waals surface area contributed by atoms with E-state index in [0.29, 0.717) is 5.56 Å². The highest BCUT2D eigenvalue weighted by molar-refractivity contribution is 5.92. The maximum Gasteiger partial charge on any atom is 0.338 e. The zero-order valence-corrected chi connectivity index (χ0v) is 14.6. The lowest BCUT2D eigenvalue weighted by molar-refractivity contribution is -0.122. The molecule has 0 amide bonds. The van der Waals surface area contributed by atoms with Crippen LogP contribution in [0.15, 0.2) is 17.1 Å². The van der Waals surface area contributed by atoms with Crippen LogP contribution in [0, 0.1) is 19.8 Å². The number of ether oxygens (including phenoxy) is 1. The van der Waals surface area contributed by atoms with Crippen molar-refractivity contribution < 1.29 is 18.3 Å². The molecule has 0 saturated heterocycles. The van der Waals surface area contributed by atoms with E-state index in [2.05, 4.69) is 4.99 Å². The van der Waals surface area contributed by atoms with Crippen LogP contribution in [0.25, 0.3) is 0 Å². The first-order chi connectivity index (χ1) is 11.2. The molecule has 1 aromatic rings. The zero-order valence-electron chi connectivity index (χ0n) is 14.6. The van der Waals surface area contributed by atoms with Gasteiger partial charge in [0.2, 0.25) is 5.92 Å². The van der Waals surface area contributed by atoms with E-state index in [0.717, 1.165) is 23.4 Å². The van der Waals surface area contributed by atoms with Crippen molar-refractivity contribution >= 4 is 18.0 Å². The molecule has 2 rings (SSSR count). The minimum absolute atomic E-state index is 0.0497. The van der Waals surface area contributed by atoms with E-state index in [4.69, 9.17) is 4.74 Å². The molecule has 1 aliphatic rings. The summed E-state index contributed by atoms with van der Waals surface area (Å²) in [6, 6.07) is 3.45. The van der Waals surface area contributed by atoms with Gasteiger partial charge in [0, 0.05) is 32.4 Å². The predicted octanol–water partition coefficient (Wildman–Crippen LogP) is 4.12. The van der Waals surface area contributed by atoms with Crippen molar-refractivity contribution in [2.45, 2.75) is 39.5 Å². The van der Waals surface area contributed by atoms with E-state index in [1.807, 2.05) is 32.7 Å².